The summed E-state index contributed by atoms with van der Waals surface area (Å²) in [4.78, 5) is 56.2. The lowest BCUT2D eigenvalue weighted by atomic mass is 9.86. The fourth-order valence-corrected chi connectivity index (χ4v) is 16.5. The summed E-state index contributed by atoms with van der Waals surface area (Å²) in [5, 5.41) is 3.03. The fraction of sp³-hybridized carbons (Fsp3) is 0.500. The van der Waals surface area contributed by atoms with Crippen molar-refractivity contribution in [2.45, 2.75) is 32.6 Å². The number of ether oxygens (including phenoxy) is 5. The lowest BCUT2D eigenvalue weighted by Gasteiger charge is -2.32. The minimum Gasteiger partial charge on any atom is -0.378 e. The number of rotatable bonds is 24. The molecule has 5 aliphatic heterocycles. The number of amides is 4. The van der Waals surface area contributed by atoms with E-state index in [1.165, 1.54) is 37.6 Å². The molecule has 2 aromatic carbocycles. The minimum absolute atomic E-state index is 0.0611. The molecule has 0 N–H and O–H groups in total. The molecule has 5 aliphatic rings. The molecule has 11 nitrogen and oxygen atoms in total. The molecule has 7 rings (SSSR count). The molecule has 0 saturated heterocycles. The Morgan fingerprint density at radius 2 is 1.00 bits per heavy atom. The first-order valence-corrected chi connectivity index (χ1v) is 25.7. The summed E-state index contributed by atoms with van der Waals surface area (Å²) >= 11 is 13.4. The molecule has 312 valence electrons. The van der Waals surface area contributed by atoms with Crippen LogP contribution in [-0.4, -0.2) is 130 Å². The van der Waals surface area contributed by atoms with E-state index >= 15 is 0 Å². The van der Waals surface area contributed by atoms with Crippen LogP contribution in [0, 0.1) is 0 Å². The number of hydrogen-bond acceptors (Lipinski definition) is 16. The Bertz CT molecular complexity index is 1880. The lowest BCUT2D eigenvalue weighted by Crippen LogP contribution is -2.44. The number of carbonyl (C=O) groups excluding carboxylic acids is 4. The van der Waals surface area contributed by atoms with Crippen molar-refractivity contribution < 1.29 is 42.9 Å². The Balaban J connectivity index is 0.696. The fourth-order valence-electron chi connectivity index (χ4n) is 6.61. The van der Waals surface area contributed by atoms with Gasteiger partial charge in [0.25, 0.3) is 23.6 Å². The Morgan fingerprint density at radius 1 is 0.534 bits per heavy atom. The summed E-state index contributed by atoms with van der Waals surface area (Å²) in [6.07, 6.45) is 3.75. The number of carbonyl (C=O) groups is 4. The Morgan fingerprint density at radius 3 is 1.50 bits per heavy atom. The van der Waals surface area contributed by atoms with E-state index in [1.54, 1.807) is 24.3 Å². The Hall–Kier alpha value is -1.55. The van der Waals surface area contributed by atoms with E-state index in [-0.39, 0.29) is 25.0 Å². The smallest absolute Gasteiger partial charge is 0.261 e. The van der Waals surface area contributed by atoms with Gasteiger partial charge in [-0.1, -0.05) is 73.2 Å². The van der Waals surface area contributed by atoms with Crippen LogP contribution in [0.1, 0.15) is 74.0 Å². The van der Waals surface area contributed by atoms with Crippen LogP contribution in [0.3, 0.4) is 0 Å². The van der Waals surface area contributed by atoms with Crippen LogP contribution in [0.4, 0.5) is 0 Å². The monoisotopic (exact) mass is 922 g/mol. The summed E-state index contributed by atoms with van der Waals surface area (Å²) in [6.45, 7) is 6.80. The molecule has 0 saturated carbocycles. The number of nitrogens with zero attached hydrogens (tertiary/aromatic N) is 2. The standard InChI is InChI=1S/C40H46N2O9S7/c1-2-3-4-5-10-41-33(43)26-6-8-28-32-29(9-7-27(31(26)32)34(41)44)36(46)42(35(28)45)11-12-47-13-14-48-15-16-49-17-18-50-19-20-51-21-22-52-30-25-55-39(56-30)40-57-37-38(58-40)54-24-23-53-37/h6-9,25H,2-5,10-24H2,1H3. The second-order valence-electron chi connectivity index (χ2n) is 13.3. The number of unbranched alkanes of at least 4 members (excludes halogenated alkanes) is 3. The third-order valence-electron chi connectivity index (χ3n) is 9.43. The van der Waals surface area contributed by atoms with Gasteiger partial charge in [0.2, 0.25) is 0 Å². The molecule has 0 aliphatic carbocycles. The maximum atomic E-state index is 13.5. The van der Waals surface area contributed by atoms with Crippen molar-refractivity contribution in [2.75, 3.05) is 96.4 Å². The van der Waals surface area contributed by atoms with Crippen molar-refractivity contribution in [1.29, 1.82) is 0 Å². The highest BCUT2D eigenvalue weighted by Crippen LogP contribution is 2.64. The molecular weight excluding hydrogens is 877 g/mol. The van der Waals surface area contributed by atoms with Gasteiger partial charge >= 0.3 is 0 Å². The molecule has 18 heteroatoms. The predicted molar refractivity (Wildman–Crippen MR) is 243 cm³/mol. The van der Waals surface area contributed by atoms with Gasteiger partial charge in [-0.05, 0) is 36.1 Å². The molecule has 2 aromatic rings. The highest BCUT2D eigenvalue weighted by atomic mass is 32.3. The van der Waals surface area contributed by atoms with Crippen molar-refractivity contribution in [3.05, 3.63) is 73.1 Å². The molecule has 4 amide bonds. The number of hydrogen-bond donors (Lipinski definition) is 0. The maximum absolute atomic E-state index is 13.5. The summed E-state index contributed by atoms with van der Waals surface area (Å²) in [6, 6.07) is 6.38. The van der Waals surface area contributed by atoms with Crippen LogP contribution < -0.4 is 0 Å². The molecule has 0 spiro atoms. The van der Waals surface area contributed by atoms with E-state index in [9.17, 15) is 19.2 Å². The van der Waals surface area contributed by atoms with Crippen molar-refractivity contribution in [2.24, 2.45) is 0 Å². The second kappa shape index (κ2) is 22.5. The van der Waals surface area contributed by atoms with Crippen LogP contribution in [0.2, 0.25) is 0 Å². The van der Waals surface area contributed by atoms with Crippen LogP contribution in [-0.2, 0) is 23.7 Å². The van der Waals surface area contributed by atoms with E-state index in [4.69, 9.17) is 23.7 Å². The quantitative estimate of drug-likeness (QED) is 0.0735. The highest BCUT2D eigenvalue weighted by molar-refractivity contribution is 8.43. The van der Waals surface area contributed by atoms with Crippen molar-refractivity contribution in [3.63, 3.8) is 0 Å². The number of thioether (sulfide) groups is 7. The zero-order valence-electron chi connectivity index (χ0n) is 32.2. The van der Waals surface area contributed by atoms with Gasteiger partial charge < -0.3 is 23.7 Å². The lowest BCUT2D eigenvalue weighted by molar-refractivity contribution is -0.0110. The van der Waals surface area contributed by atoms with E-state index < -0.39 is 11.8 Å². The van der Waals surface area contributed by atoms with Crippen LogP contribution in [0.5, 0.6) is 0 Å². The molecular formula is C40H46N2O9S7. The first kappa shape index (κ1) is 44.5. The van der Waals surface area contributed by atoms with Crippen molar-refractivity contribution in [1.82, 2.24) is 9.80 Å². The minimum atomic E-state index is -0.471. The largest absolute Gasteiger partial charge is 0.378 e. The van der Waals surface area contributed by atoms with Crippen molar-refractivity contribution >= 4 is 117 Å². The van der Waals surface area contributed by atoms with Gasteiger partial charge in [-0.15, -0.1) is 35.3 Å². The zero-order chi connectivity index (χ0) is 40.3. The van der Waals surface area contributed by atoms with E-state index in [0.717, 1.165) is 36.3 Å². The van der Waals surface area contributed by atoms with Gasteiger partial charge in [-0.25, -0.2) is 0 Å². The van der Waals surface area contributed by atoms with Gasteiger partial charge in [0, 0.05) is 56.8 Å². The Labute approximate surface area is 369 Å². The molecule has 0 unspecified atom stereocenters. The maximum Gasteiger partial charge on any atom is 0.261 e. The molecule has 58 heavy (non-hydrogen) atoms. The van der Waals surface area contributed by atoms with Gasteiger partial charge in [-0.3, -0.25) is 29.0 Å². The first-order valence-electron chi connectivity index (χ1n) is 19.4. The molecule has 0 radical (unpaired) electrons. The Kier molecular flexibility index (Phi) is 17.3. The second-order valence-corrected chi connectivity index (χ2v) is 21.9. The van der Waals surface area contributed by atoms with Crippen LogP contribution in [0.15, 0.2) is 50.9 Å². The summed E-state index contributed by atoms with van der Waals surface area (Å²) in [7, 11) is 0. The van der Waals surface area contributed by atoms with E-state index in [0.29, 0.717) is 99.0 Å². The zero-order valence-corrected chi connectivity index (χ0v) is 38.0. The molecule has 0 atom stereocenters. The van der Waals surface area contributed by atoms with Crippen molar-refractivity contribution in [3.8, 4) is 0 Å². The summed E-state index contributed by atoms with van der Waals surface area (Å²) < 4.78 is 35.3. The highest BCUT2D eigenvalue weighted by Gasteiger charge is 2.39. The van der Waals surface area contributed by atoms with Gasteiger partial charge in [-0.2, -0.15) is 0 Å². The number of benzene rings is 2. The summed E-state index contributed by atoms with van der Waals surface area (Å²) in [5.41, 5.74) is 1.29. The SMILES string of the molecule is CCCCCCN1C(=O)c2ccc3c4c(ccc(c24)C1=O)C(=O)N(CCOCCOCCOCCOCCOCCSC1=CSC(=C2SC4=C(SCCS4)S2)S1)C3=O. The predicted octanol–water partition coefficient (Wildman–Crippen LogP) is 8.92. The van der Waals surface area contributed by atoms with Gasteiger partial charge in [0.1, 0.15) is 0 Å². The third kappa shape index (κ3) is 10.9. The van der Waals surface area contributed by atoms with Crippen LogP contribution in [0.25, 0.3) is 10.8 Å². The molecule has 5 heterocycles. The first-order chi connectivity index (χ1) is 28.5. The average Bonchev–Trinajstić information content (AvgIpc) is 3.90. The van der Waals surface area contributed by atoms with Gasteiger partial charge in [0.05, 0.1) is 93.8 Å². The van der Waals surface area contributed by atoms with E-state index in [2.05, 4.69) is 12.3 Å². The number of imide groups is 2. The van der Waals surface area contributed by atoms with Crippen LogP contribution >= 0.6 is 82.3 Å². The normalized spacial score (nSPS) is 17.8. The molecule has 0 fully saturated rings. The molecule has 0 bridgehead atoms. The molecule has 0 aromatic heterocycles. The third-order valence-corrected chi connectivity index (χ3v) is 19.4. The van der Waals surface area contributed by atoms with E-state index in [1.807, 2.05) is 82.3 Å². The average molecular weight is 923 g/mol. The topological polar surface area (TPSA) is 121 Å². The summed E-state index contributed by atoms with van der Waals surface area (Å²) in [5.74, 6) is 1.62. The van der Waals surface area contributed by atoms with Gasteiger partial charge in [0.15, 0.2) is 0 Å².